The molecule has 1 amide bonds. The molecule has 0 saturated carbocycles. The minimum atomic E-state index is -0.150. The molecule has 0 radical (unpaired) electrons. The fraction of sp³-hybridized carbons (Fsp3) is 0.364. The first-order valence-corrected chi connectivity index (χ1v) is 8.81. The van der Waals surface area contributed by atoms with E-state index in [2.05, 4.69) is 25.6 Å². The van der Waals surface area contributed by atoms with Crippen molar-refractivity contribution in [1.29, 1.82) is 0 Å². The zero-order valence-electron chi connectivity index (χ0n) is 11.3. The van der Waals surface area contributed by atoms with Crippen LogP contribution in [0.1, 0.15) is 23.7 Å². The zero-order valence-corrected chi connectivity index (χ0v) is 13.8. The molecule has 1 N–H and O–H groups in total. The molecule has 7 nitrogen and oxygen atoms in total. The highest BCUT2D eigenvalue weighted by Crippen LogP contribution is 2.22. The number of thioether (sulfide) groups is 1. The van der Waals surface area contributed by atoms with Crippen LogP contribution in [0.15, 0.2) is 16.0 Å². The van der Waals surface area contributed by atoms with Crippen molar-refractivity contribution in [2.45, 2.75) is 24.2 Å². The van der Waals surface area contributed by atoms with E-state index in [4.69, 9.17) is 0 Å². The summed E-state index contributed by atoms with van der Waals surface area (Å²) >= 11 is 4.34. The molecular formula is C11H12N6OS3. The second-order valence-corrected chi connectivity index (χ2v) is 7.51. The van der Waals surface area contributed by atoms with Crippen LogP contribution in [0, 0.1) is 6.92 Å². The van der Waals surface area contributed by atoms with Crippen LogP contribution in [-0.2, 0) is 4.79 Å². The van der Waals surface area contributed by atoms with Gasteiger partial charge in [0.1, 0.15) is 10.5 Å². The van der Waals surface area contributed by atoms with Crippen molar-refractivity contribution < 1.29 is 4.79 Å². The van der Waals surface area contributed by atoms with E-state index in [9.17, 15) is 4.79 Å². The normalized spacial score (nSPS) is 12.7. The maximum absolute atomic E-state index is 11.9. The number of amides is 1. The van der Waals surface area contributed by atoms with Gasteiger partial charge in [-0.1, -0.05) is 34.4 Å². The van der Waals surface area contributed by atoms with E-state index >= 15 is 0 Å². The van der Waals surface area contributed by atoms with Crippen LogP contribution in [0.2, 0.25) is 0 Å². The average Bonchev–Trinajstić information content (AvgIpc) is 3.11. The van der Waals surface area contributed by atoms with Crippen molar-refractivity contribution in [3.8, 4) is 0 Å². The Kier molecular flexibility index (Phi) is 4.17. The number of aryl methyl sites for hydroxylation is 1. The van der Waals surface area contributed by atoms with E-state index in [1.165, 1.54) is 34.4 Å². The molecule has 3 aromatic rings. The van der Waals surface area contributed by atoms with Gasteiger partial charge in [0, 0.05) is 0 Å². The van der Waals surface area contributed by atoms with Crippen molar-refractivity contribution in [2.24, 2.45) is 0 Å². The summed E-state index contributed by atoms with van der Waals surface area (Å²) in [4.78, 5) is 17.2. The number of aromatic nitrogens is 5. The monoisotopic (exact) mass is 340 g/mol. The predicted octanol–water partition coefficient (Wildman–Crippen LogP) is 1.92. The molecular weight excluding hydrogens is 328 g/mol. The smallest absolute Gasteiger partial charge is 0.230 e. The summed E-state index contributed by atoms with van der Waals surface area (Å²) in [5.74, 6) is 0.268. The zero-order chi connectivity index (χ0) is 14.8. The number of nitrogens with zero attached hydrogens (tertiary/aromatic N) is 5. The van der Waals surface area contributed by atoms with Crippen molar-refractivity contribution in [3.63, 3.8) is 0 Å². The molecule has 1 atom stereocenters. The van der Waals surface area contributed by atoms with Gasteiger partial charge in [-0.05, 0) is 13.8 Å². The van der Waals surface area contributed by atoms with Crippen molar-refractivity contribution in [2.75, 3.05) is 5.75 Å². The molecule has 110 valence electrons. The number of fused-ring (bicyclic) bond motifs is 1. The van der Waals surface area contributed by atoms with Crippen LogP contribution >= 0.6 is 34.4 Å². The number of carbonyl (C=O) groups is 1. The van der Waals surface area contributed by atoms with Crippen LogP contribution in [0.4, 0.5) is 0 Å². The van der Waals surface area contributed by atoms with Crippen LogP contribution in [0.5, 0.6) is 0 Å². The minimum Gasteiger partial charge on any atom is -0.347 e. The Morgan fingerprint density at radius 3 is 3.10 bits per heavy atom. The topological polar surface area (TPSA) is 85.1 Å². The molecule has 21 heavy (non-hydrogen) atoms. The number of hydrogen-bond acceptors (Lipinski definition) is 8. The van der Waals surface area contributed by atoms with Crippen LogP contribution in [-0.4, -0.2) is 36.5 Å². The van der Waals surface area contributed by atoms with Crippen molar-refractivity contribution >= 4 is 45.3 Å². The number of rotatable bonds is 5. The van der Waals surface area contributed by atoms with Crippen molar-refractivity contribution in [1.82, 2.24) is 30.1 Å². The molecule has 3 heterocycles. The first-order valence-electron chi connectivity index (χ1n) is 6.13. The van der Waals surface area contributed by atoms with E-state index in [0.717, 1.165) is 20.0 Å². The third-order valence-electron chi connectivity index (χ3n) is 2.66. The van der Waals surface area contributed by atoms with E-state index in [0.29, 0.717) is 5.75 Å². The van der Waals surface area contributed by atoms with Gasteiger partial charge in [-0.3, -0.25) is 4.79 Å². The van der Waals surface area contributed by atoms with E-state index in [1.54, 1.807) is 10.0 Å². The molecule has 0 aliphatic rings. The lowest BCUT2D eigenvalue weighted by Gasteiger charge is -2.10. The Hall–Kier alpha value is -1.52. The lowest BCUT2D eigenvalue weighted by Crippen LogP contribution is -2.28. The van der Waals surface area contributed by atoms with E-state index < -0.39 is 0 Å². The van der Waals surface area contributed by atoms with Gasteiger partial charge in [-0.15, -0.1) is 10.2 Å². The lowest BCUT2D eigenvalue weighted by atomic mass is 10.2. The third-order valence-corrected chi connectivity index (χ3v) is 5.32. The van der Waals surface area contributed by atoms with Crippen LogP contribution < -0.4 is 5.32 Å². The molecule has 0 aliphatic heterocycles. The molecule has 10 heteroatoms. The number of hydrogen-bond donors (Lipinski definition) is 1. The fourth-order valence-corrected chi connectivity index (χ4v) is 3.92. The summed E-state index contributed by atoms with van der Waals surface area (Å²) in [5, 5.41) is 15.8. The summed E-state index contributed by atoms with van der Waals surface area (Å²) in [6.45, 7) is 3.80. The second-order valence-electron chi connectivity index (χ2n) is 4.30. The van der Waals surface area contributed by atoms with Gasteiger partial charge in [0.05, 0.1) is 23.7 Å². The van der Waals surface area contributed by atoms with Gasteiger partial charge in [-0.25, -0.2) is 9.50 Å². The Morgan fingerprint density at radius 2 is 2.38 bits per heavy atom. The van der Waals surface area contributed by atoms with Gasteiger partial charge in [-0.2, -0.15) is 5.10 Å². The third kappa shape index (κ3) is 3.39. The molecule has 0 fully saturated rings. The molecule has 1 unspecified atom stereocenters. The standard InChI is InChI=1S/C11H12N6OS3/c1-6(8-3-17-10(14-8)20-5-12-17)13-9(18)4-19-11-16-15-7(2)21-11/h3,5-6H,4H2,1-2H3,(H,13,18). The molecule has 3 aromatic heterocycles. The molecule has 0 aliphatic carbocycles. The Morgan fingerprint density at radius 1 is 1.52 bits per heavy atom. The summed E-state index contributed by atoms with van der Waals surface area (Å²) in [7, 11) is 0. The Bertz CT molecular complexity index is 734. The van der Waals surface area contributed by atoms with Gasteiger partial charge < -0.3 is 5.32 Å². The highest BCUT2D eigenvalue weighted by atomic mass is 32.2. The summed E-state index contributed by atoms with van der Waals surface area (Å²) in [5.41, 5.74) is 2.54. The van der Waals surface area contributed by atoms with Crippen molar-refractivity contribution in [3.05, 3.63) is 22.4 Å². The summed E-state index contributed by atoms with van der Waals surface area (Å²) < 4.78 is 2.52. The lowest BCUT2D eigenvalue weighted by molar-refractivity contribution is -0.119. The SMILES string of the molecule is Cc1nnc(SCC(=O)NC(C)c2cn3ncsc3n2)s1. The summed E-state index contributed by atoms with van der Waals surface area (Å²) in [6, 6.07) is -0.150. The van der Waals surface area contributed by atoms with Crippen LogP contribution in [0.25, 0.3) is 4.96 Å². The molecule has 0 aromatic carbocycles. The highest BCUT2D eigenvalue weighted by Gasteiger charge is 2.14. The minimum absolute atomic E-state index is 0.0512. The number of nitrogens with one attached hydrogen (secondary N) is 1. The fourth-order valence-electron chi connectivity index (χ4n) is 1.69. The molecule has 0 bridgehead atoms. The first kappa shape index (κ1) is 14.4. The maximum Gasteiger partial charge on any atom is 0.230 e. The maximum atomic E-state index is 11.9. The average molecular weight is 340 g/mol. The molecule has 0 saturated heterocycles. The quantitative estimate of drug-likeness (QED) is 0.714. The van der Waals surface area contributed by atoms with E-state index in [-0.39, 0.29) is 11.9 Å². The van der Waals surface area contributed by atoms with Gasteiger partial charge in [0.25, 0.3) is 0 Å². The highest BCUT2D eigenvalue weighted by molar-refractivity contribution is 8.01. The Balaban J connectivity index is 1.55. The second kappa shape index (κ2) is 6.08. The van der Waals surface area contributed by atoms with E-state index in [1.807, 2.05) is 20.0 Å². The largest absolute Gasteiger partial charge is 0.347 e. The predicted molar refractivity (Wildman–Crippen MR) is 82.8 cm³/mol. The van der Waals surface area contributed by atoms with Crippen LogP contribution in [0.3, 0.4) is 0 Å². The Labute approximate surface area is 132 Å². The number of imidazole rings is 1. The van der Waals surface area contributed by atoms with Gasteiger partial charge in [0.15, 0.2) is 4.34 Å². The summed E-state index contributed by atoms with van der Waals surface area (Å²) in [6.07, 6.45) is 1.83. The molecule has 0 spiro atoms. The van der Waals surface area contributed by atoms with Gasteiger partial charge >= 0.3 is 0 Å². The molecule has 3 rings (SSSR count). The first-order chi connectivity index (χ1) is 10.1. The van der Waals surface area contributed by atoms with Gasteiger partial charge in [0.2, 0.25) is 10.9 Å². The number of carbonyl (C=O) groups excluding carboxylic acids is 1.